The van der Waals surface area contributed by atoms with Gasteiger partial charge in [0.2, 0.25) is 15.9 Å². The van der Waals surface area contributed by atoms with Gasteiger partial charge < -0.3 is 15.4 Å². The summed E-state index contributed by atoms with van der Waals surface area (Å²) in [5, 5.41) is 14.9. The number of piperidine rings is 1. The third-order valence-electron chi connectivity index (χ3n) is 8.77. The van der Waals surface area contributed by atoms with E-state index in [-0.39, 0.29) is 65.2 Å². The topological polar surface area (TPSA) is 162 Å². The normalized spacial score (nSPS) is 19.8. The summed E-state index contributed by atoms with van der Waals surface area (Å²) in [5.41, 5.74) is 1.11. The molecule has 5 rings (SSSR count). The summed E-state index contributed by atoms with van der Waals surface area (Å²) in [6, 6.07) is 10.6. The Morgan fingerprint density at radius 3 is 2.39 bits per heavy atom. The second-order valence-electron chi connectivity index (χ2n) is 12.2. The van der Waals surface area contributed by atoms with Crippen LogP contribution in [0.1, 0.15) is 47.7 Å². The first-order valence-corrected chi connectivity index (χ1v) is 18.2. The van der Waals surface area contributed by atoms with E-state index in [2.05, 4.69) is 15.6 Å². The SMILES string of the molecule is CCOC(=O)[C@H](Cc1ccc(NC(=O)c2c(Cl)cncc2Cl)cc1)NC(=O)C1C[C@@H](N2CCC(F)(F)CC2)CN1S(=O)(=O)c1cccc(C#N)c1. The Balaban J connectivity index is 1.36. The number of nitrogens with zero attached hydrogens (tertiary/aromatic N) is 4. The molecule has 12 nitrogen and oxygen atoms in total. The zero-order chi connectivity index (χ0) is 36.9. The summed E-state index contributed by atoms with van der Waals surface area (Å²) in [6.07, 6.45) is 1.73. The third kappa shape index (κ3) is 9.00. The molecular formula is C34H34Cl2F2N6O6S. The van der Waals surface area contributed by atoms with E-state index in [9.17, 15) is 36.8 Å². The number of nitrogens with one attached hydrogen (secondary N) is 2. The summed E-state index contributed by atoms with van der Waals surface area (Å²) < 4.78 is 62.1. The lowest BCUT2D eigenvalue weighted by atomic mass is 10.0. The minimum atomic E-state index is -4.35. The summed E-state index contributed by atoms with van der Waals surface area (Å²) >= 11 is 12.2. The molecule has 2 aliphatic heterocycles. The van der Waals surface area contributed by atoms with Crippen LogP contribution in [0.15, 0.2) is 65.8 Å². The highest BCUT2D eigenvalue weighted by Crippen LogP contribution is 2.34. The van der Waals surface area contributed by atoms with Gasteiger partial charge >= 0.3 is 5.97 Å². The largest absolute Gasteiger partial charge is 0.464 e. The number of alkyl halides is 2. The lowest BCUT2D eigenvalue weighted by Crippen LogP contribution is -2.51. The van der Waals surface area contributed by atoms with Crippen LogP contribution in [0.4, 0.5) is 14.5 Å². The Labute approximate surface area is 303 Å². The number of hydrogen-bond donors (Lipinski definition) is 2. The van der Waals surface area contributed by atoms with Gasteiger partial charge in [0.15, 0.2) is 0 Å². The van der Waals surface area contributed by atoms with E-state index in [0.717, 1.165) is 4.31 Å². The Hall–Kier alpha value is -4.20. The standard InChI is InChI=1S/C34H34Cl2F2N6O6S/c1-2-50-33(47)28(15-21-6-8-23(9-7-21)41-32(46)30-26(35)18-40-19-27(30)36)42-31(45)29-16-24(43-12-10-34(37,38)11-13-43)20-44(29)51(48,49)25-5-3-4-22(14-25)17-39/h3-9,14,18-19,24,28-29H,2,10-13,15-16,20H2,1H3,(H,41,46)(H,42,45)/t24-,28+,29?/m1/s1. The van der Waals surface area contributed by atoms with Gasteiger partial charge in [0.05, 0.1) is 38.7 Å². The number of sulfonamides is 1. The molecule has 2 aliphatic rings. The maximum atomic E-state index is 14.0. The number of aromatic nitrogens is 1. The number of likely N-dealkylation sites (tertiary alicyclic amines) is 1. The second kappa shape index (κ2) is 16.0. The summed E-state index contributed by atoms with van der Waals surface area (Å²) in [7, 11) is -4.35. The van der Waals surface area contributed by atoms with Crippen molar-refractivity contribution in [1.29, 1.82) is 5.26 Å². The molecule has 270 valence electrons. The van der Waals surface area contributed by atoms with E-state index in [1.807, 2.05) is 6.07 Å². The van der Waals surface area contributed by atoms with Crippen molar-refractivity contribution in [3.63, 3.8) is 0 Å². The number of carbonyl (C=O) groups excluding carboxylic acids is 3. The molecule has 0 saturated carbocycles. The molecule has 0 bridgehead atoms. The number of benzene rings is 2. The molecule has 2 fully saturated rings. The molecule has 0 radical (unpaired) electrons. The molecule has 3 aromatic rings. The molecular weight excluding hydrogens is 729 g/mol. The lowest BCUT2D eigenvalue weighted by Gasteiger charge is -2.35. The van der Waals surface area contributed by atoms with Crippen LogP contribution in [0.5, 0.6) is 0 Å². The van der Waals surface area contributed by atoms with Gasteiger partial charge in [-0.05, 0) is 49.2 Å². The van der Waals surface area contributed by atoms with Crippen LogP contribution >= 0.6 is 23.2 Å². The van der Waals surface area contributed by atoms with Crippen molar-refractivity contribution in [2.75, 3.05) is 31.6 Å². The molecule has 17 heteroatoms. The first-order valence-electron chi connectivity index (χ1n) is 16.0. The van der Waals surface area contributed by atoms with Crippen LogP contribution in [0.2, 0.25) is 10.0 Å². The van der Waals surface area contributed by atoms with E-state index >= 15 is 0 Å². The van der Waals surface area contributed by atoms with Gasteiger partial charge in [0.25, 0.3) is 11.8 Å². The Bertz CT molecular complexity index is 1920. The van der Waals surface area contributed by atoms with E-state index in [0.29, 0.717) is 11.3 Å². The molecule has 0 aliphatic carbocycles. The Kier molecular flexibility index (Phi) is 11.9. The summed E-state index contributed by atoms with van der Waals surface area (Å²) in [5.74, 6) is -4.92. The van der Waals surface area contributed by atoms with Gasteiger partial charge in [-0.3, -0.25) is 19.5 Å². The number of hydrogen-bond acceptors (Lipinski definition) is 9. The van der Waals surface area contributed by atoms with Crippen molar-refractivity contribution < 1.29 is 36.3 Å². The fourth-order valence-electron chi connectivity index (χ4n) is 6.12. The highest BCUT2D eigenvalue weighted by atomic mass is 35.5. The molecule has 2 amide bonds. The number of nitriles is 1. The zero-order valence-electron chi connectivity index (χ0n) is 27.3. The van der Waals surface area contributed by atoms with Crippen LogP contribution in [-0.2, 0) is 30.8 Å². The molecule has 1 aromatic heterocycles. The van der Waals surface area contributed by atoms with E-state index in [1.54, 1.807) is 36.1 Å². The first-order chi connectivity index (χ1) is 24.2. The van der Waals surface area contributed by atoms with Gasteiger partial charge in [0.1, 0.15) is 12.1 Å². The van der Waals surface area contributed by atoms with Gasteiger partial charge in [-0.1, -0.05) is 41.4 Å². The van der Waals surface area contributed by atoms with Gasteiger partial charge in [-0.25, -0.2) is 22.0 Å². The molecule has 0 spiro atoms. The predicted octanol–water partition coefficient (Wildman–Crippen LogP) is 4.67. The minimum Gasteiger partial charge on any atom is -0.464 e. The zero-order valence-corrected chi connectivity index (χ0v) is 29.6. The quantitative estimate of drug-likeness (QED) is 0.265. The fourth-order valence-corrected chi connectivity index (χ4v) is 8.33. The monoisotopic (exact) mass is 762 g/mol. The summed E-state index contributed by atoms with van der Waals surface area (Å²) in [4.78, 5) is 45.3. The van der Waals surface area contributed by atoms with Crippen LogP contribution in [0.25, 0.3) is 0 Å². The highest BCUT2D eigenvalue weighted by Gasteiger charge is 2.48. The number of ether oxygens (including phenoxy) is 1. The van der Waals surface area contributed by atoms with Crippen LogP contribution in [0, 0.1) is 11.3 Å². The predicted molar refractivity (Wildman–Crippen MR) is 184 cm³/mol. The van der Waals surface area contributed by atoms with Crippen LogP contribution in [0.3, 0.4) is 0 Å². The fraction of sp³-hybridized carbons (Fsp3) is 0.382. The molecule has 51 heavy (non-hydrogen) atoms. The van der Waals surface area contributed by atoms with Gasteiger partial charge in [0, 0.05) is 63.0 Å². The van der Waals surface area contributed by atoms with Crippen LogP contribution < -0.4 is 10.6 Å². The van der Waals surface area contributed by atoms with Crippen molar-refractivity contribution in [2.45, 2.75) is 61.6 Å². The van der Waals surface area contributed by atoms with Gasteiger partial charge in [-0.15, -0.1) is 0 Å². The van der Waals surface area contributed by atoms with E-state index in [4.69, 9.17) is 27.9 Å². The van der Waals surface area contributed by atoms with E-state index in [1.165, 1.54) is 36.7 Å². The van der Waals surface area contributed by atoms with Crippen molar-refractivity contribution in [2.24, 2.45) is 0 Å². The van der Waals surface area contributed by atoms with Crippen LogP contribution in [-0.4, -0.2) is 90.7 Å². The maximum Gasteiger partial charge on any atom is 0.328 e. The molecule has 3 atom stereocenters. The average Bonchev–Trinajstić information content (AvgIpc) is 3.55. The number of halogens is 4. The smallest absolute Gasteiger partial charge is 0.328 e. The second-order valence-corrected chi connectivity index (χ2v) is 14.9. The van der Waals surface area contributed by atoms with Crippen molar-refractivity contribution >= 4 is 56.7 Å². The number of anilines is 1. The average molecular weight is 764 g/mol. The molecule has 2 N–H and O–H groups in total. The molecule has 2 saturated heterocycles. The maximum absolute atomic E-state index is 14.0. The van der Waals surface area contributed by atoms with Crippen molar-refractivity contribution in [3.8, 4) is 6.07 Å². The molecule has 2 aromatic carbocycles. The molecule has 1 unspecified atom stereocenters. The van der Waals surface area contributed by atoms with Crippen molar-refractivity contribution in [1.82, 2.24) is 19.5 Å². The minimum absolute atomic E-state index is 0.00990. The van der Waals surface area contributed by atoms with Crippen molar-refractivity contribution in [3.05, 3.63) is 87.7 Å². The Morgan fingerprint density at radius 2 is 1.76 bits per heavy atom. The molecule has 3 heterocycles. The van der Waals surface area contributed by atoms with Gasteiger partial charge in [-0.2, -0.15) is 9.57 Å². The number of esters is 1. The number of pyridine rings is 1. The number of carbonyl (C=O) groups is 3. The Morgan fingerprint density at radius 1 is 1.10 bits per heavy atom. The third-order valence-corrected chi connectivity index (χ3v) is 11.2. The number of amides is 2. The highest BCUT2D eigenvalue weighted by molar-refractivity contribution is 7.89. The first kappa shape index (κ1) is 38.0. The summed E-state index contributed by atoms with van der Waals surface area (Å²) in [6.45, 7) is 1.50. The lowest BCUT2D eigenvalue weighted by molar-refractivity contribution is -0.147. The number of rotatable bonds is 11. The van der Waals surface area contributed by atoms with E-state index < -0.39 is 64.7 Å².